The largest absolute Gasteiger partial charge is 0.397 e. The van der Waals surface area contributed by atoms with Crippen LogP contribution in [0, 0.1) is 5.82 Å². The van der Waals surface area contributed by atoms with Gasteiger partial charge in [-0.1, -0.05) is 12.1 Å². The van der Waals surface area contributed by atoms with Crippen molar-refractivity contribution in [1.29, 1.82) is 0 Å². The zero-order valence-corrected chi connectivity index (χ0v) is 10.1. The molecule has 1 amide bonds. The van der Waals surface area contributed by atoms with Crippen LogP contribution in [0.1, 0.15) is 15.9 Å². The smallest absolute Gasteiger partial charge is 0.260 e. The number of nitrogens with zero attached hydrogens (tertiary/aromatic N) is 2. The summed E-state index contributed by atoms with van der Waals surface area (Å²) in [4.78, 5) is 17.7. The lowest BCUT2D eigenvalue weighted by Gasteiger charge is -2.18. The third-order valence-electron chi connectivity index (χ3n) is 3.22. The highest BCUT2D eigenvalue weighted by Crippen LogP contribution is 2.34. The van der Waals surface area contributed by atoms with Gasteiger partial charge < -0.3 is 10.6 Å². The molecule has 0 saturated heterocycles. The van der Waals surface area contributed by atoms with Crippen molar-refractivity contribution in [2.24, 2.45) is 0 Å². The van der Waals surface area contributed by atoms with Crippen LogP contribution in [0.3, 0.4) is 0 Å². The molecule has 4 nitrogen and oxygen atoms in total. The average molecular weight is 257 g/mol. The van der Waals surface area contributed by atoms with Crippen LogP contribution in [0.15, 0.2) is 36.7 Å². The number of hydrogen-bond donors (Lipinski definition) is 1. The van der Waals surface area contributed by atoms with Gasteiger partial charge in [0.25, 0.3) is 5.91 Å². The van der Waals surface area contributed by atoms with Gasteiger partial charge in [-0.3, -0.25) is 9.78 Å². The minimum Gasteiger partial charge on any atom is -0.397 e. The van der Waals surface area contributed by atoms with Crippen LogP contribution in [-0.2, 0) is 6.42 Å². The Kier molecular flexibility index (Phi) is 2.67. The van der Waals surface area contributed by atoms with Crippen molar-refractivity contribution in [2.75, 3.05) is 17.2 Å². The third kappa shape index (κ3) is 1.93. The summed E-state index contributed by atoms with van der Waals surface area (Å²) < 4.78 is 13.1. The van der Waals surface area contributed by atoms with E-state index in [1.807, 2.05) is 12.1 Å². The van der Waals surface area contributed by atoms with Crippen LogP contribution >= 0.6 is 0 Å². The van der Waals surface area contributed by atoms with Crippen molar-refractivity contribution >= 4 is 17.3 Å². The number of amides is 1. The van der Waals surface area contributed by atoms with Gasteiger partial charge in [0.1, 0.15) is 5.82 Å². The second-order valence-corrected chi connectivity index (χ2v) is 4.45. The maximum absolute atomic E-state index is 13.1. The van der Waals surface area contributed by atoms with Gasteiger partial charge in [0.15, 0.2) is 0 Å². The van der Waals surface area contributed by atoms with Gasteiger partial charge in [0.05, 0.1) is 23.1 Å². The summed E-state index contributed by atoms with van der Waals surface area (Å²) in [7, 11) is 0. The molecule has 0 fully saturated rings. The number of nitrogen functional groups attached to an aromatic ring is 1. The Hall–Kier alpha value is -2.43. The molecule has 0 aliphatic carbocycles. The molecule has 2 aromatic rings. The first-order valence-corrected chi connectivity index (χ1v) is 5.96. The number of nitrogens with two attached hydrogens (primary N) is 1. The van der Waals surface area contributed by atoms with Crippen LogP contribution in [0.5, 0.6) is 0 Å². The molecule has 1 aliphatic rings. The fraction of sp³-hybridized carbons (Fsp3) is 0.143. The van der Waals surface area contributed by atoms with Crippen molar-refractivity contribution in [3.05, 3.63) is 53.6 Å². The second-order valence-electron chi connectivity index (χ2n) is 4.45. The molecular weight excluding hydrogens is 245 g/mol. The third-order valence-corrected chi connectivity index (χ3v) is 3.22. The molecule has 1 aromatic heterocycles. The summed E-state index contributed by atoms with van der Waals surface area (Å²) in [6.45, 7) is 0.554. The highest BCUT2D eigenvalue weighted by Gasteiger charge is 2.27. The zero-order valence-electron chi connectivity index (χ0n) is 10.1. The van der Waals surface area contributed by atoms with Crippen molar-refractivity contribution in [2.45, 2.75) is 6.42 Å². The Morgan fingerprint density at radius 2 is 2.21 bits per heavy atom. The van der Waals surface area contributed by atoms with Crippen LogP contribution in [0.4, 0.5) is 15.8 Å². The summed E-state index contributed by atoms with van der Waals surface area (Å²) in [5, 5.41) is 0. The number of hydrogen-bond acceptors (Lipinski definition) is 3. The molecule has 0 bridgehead atoms. The van der Waals surface area contributed by atoms with Gasteiger partial charge in [0.2, 0.25) is 0 Å². The fourth-order valence-electron chi connectivity index (χ4n) is 2.37. The predicted molar refractivity (Wildman–Crippen MR) is 70.4 cm³/mol. The first kappa shape index (κ1) is 11.6. The molecule has 0 saturated carbocycles. The quantitative estimate of drug-likeness (QED) is 0.795. The number of carbonyl (C=O) groups excluding carboxylic acids is 1. The van der Waals surface area contributed by atoms with Crippen LogP contribution < -0.4 is 10.6 Å². The number of anilines is 2. The maximum atomic E-state index is 13.1. The summed E-state index contributed by atoms with van der Waals surface area (Å²) in [5.41, 5.74) is 8.49. The molecule has 0 unspecified atom stereocenters. The predicted octanol–water partition coefficient (Wildman–Crippen LogP) is 2.01. The molecule has 2 heterocycles. The number of para-hydroxylation sites is 1. The monoisotopic (exact) mass is 257 g/mol. The summed E-state index contributed by atoms with van der Waals surface area (Å²) in [5.74, 6) is -0.796. The van der Waals surface area contributed by atoms with E-state index in [0.29, 0.717) is 12.2 Å². The molecule has 96 valence electrons. The number of halogens is 1. The highest BCUT2D eigenvalue weighted by molar-refractivity contribution is 6.08. The number of carbonyl (C=O) groups is 1. The number of rotatable bonds is 1. The topological polar surface area (TPSA) is 59.2 Å². The molecular formula is C14H12FN3O. The van der Waals surface area contributed by atoms with Crippen LogP contribution in [0.2, 0.25) is 0 Å². The van der Waals surface area contributed by atoms with Gasteiger partial charge >= 0.3 is 0 Å². The molecule has 19 heavy (non-hydrogen) atoms. The first-order valence-electron chi connectivity index (χ1n) is 5.96. The van der Waals surface area contributed by atoms with E-state index in [1.54, 1.807) is 11.0 Å². The van der Waals surface area contributed by atoms with Crippen molar-refractivity contribution in [1.82, 2.24) is 4.98 Å². The van der Waals surface area contributed by atoms with E-state index in [1.165, 1.54) is 12.3 Å². The lowest BCUT2D eigenvalue weighted by atomic mass is 10.1. The van der Waals surface area contributed by atoms with E-state index >= 15 is 0 Å². The number of aromatic nitrogens is 1. The van der Waals surface area contributed by atoms with Crippen molar-refractivity contribution < 1.29 is 9.18 Å². The van der Waals surface area contributed by atoms with E-state index in [-0.39, 0.29) is 11.5 Å². The Balaban J connectivity index is 2.00. The van der Waals surface area contributed by atoms with Gasteiger partial charge in [-0.2, -0.15) is 0 Å². The summed E-state index contributed by atoms with van der Waals surface area (Å²) >= 11 is 0. The van der Waals surface area contributed by atoms with Gasteiger partial charge in [-0.15, -0.1) is 0 Å². The first-order chi connectivity index (χ1) is 9.16. The van der Waals surface area contributed by atoms with E-state index in [4.69, 9.17) is 5.73 Å². The van der Waals surface area contributed by atoms with Crippen LogP contribution in [-0.4, -0.2) is 17.4 Å². The van der Waals surface area contributed by atoms with E-state index in [0.717, 1.165) is 23.9 Å². The van der Waals surface area contributed by atoms with Gasteiger partial charge in [-0.25, -0.2) is 4.39 Å². The molecule has 2 N–H and O–H groups in total. The lowest BCUT2D eigenvalue weighted by Crippen LogP contribution is -2.29. The molecule has 1 aromatic carbocycles. The fourth-order valence-corrected chi connectivity index (χ4v) is 2.37. The minimum atomic E-state index is -0.522. The van der Waals surface area contributed by atoms with Crippen molar-refractivity contribution in [3.63, 3.8) is 0 Å². The highest BCUT2D eigenvalue weighted by atomic mass is 19.1. The van der Waals surface area contributed by atoms with E-state index in [9.17, 15) is 9.18 Å². The molecule has 0 atom stereocenters. The molecule has 5 heteroatoms. The van der Waals surface area contributed by atoms with E-state index in [2.05, 4.69) is 4.98 Å². The summed E-state index contributed by atoms with van der Waals surface area (Å²) in [6.07, 6.45) is 3.19. The Morgan fingerprint density at radius 3 is 3.00 bits per heavy atom. The minimum absolute atomic E-state index is 0.233. The Labute approximate surface area is 109 Å². The standard InChI is InChI=1S/C14H12FN3O/c15-11-6-10(7-17-8-11)14(19)18-5-4-9-2-1-3-12(16)13(9)18/h1-3,6-8H,4-5,16H2. The summed E-state index contributed by atoms with van der Waals surface area (Å²) in [6, 6.07) is 6.76. The number of fused-ring (bicyclic) bond motifs is 1. The Morgan fingerprint density at radius 1 is 1.37 bits per heavy atom. The molecule has 0 radical (unpaired) electrons. The van der Waals surface area contributed by atoms with Gasteiger partial charge in [0, 0.05) is 12.7 Å². The molecule has 0 spiro atoms. The number of pyridine rings is 1. The Bertz CT molecular complexity index is 657. The number of benzene rings is 1. The average Bonchev–Trinajstić information content (AvgIpc) is 2.83. The molecule has 3 rings (SSSR count). The van der Waals surface area contributed by atoms with E-state index < -0.39 is 5.82 Å². The zero-order chi connectivity index (χ0) is 13.4. The lowest BCUT2D eigenvalue weighted by molar-refractivity contribution is 0.0988. The SMILES string of the molecule is Nc1cccc2c1N(C(=O)c1cncc(F)c1)CC2. The second kappa shape index (κ2) is 4.35. The normalized spacial score (nSPS) is 13.4. The maximum Gasteiger partial charge on any atom is 0.260 e. The van der Waals surface area contributed by atoms with Crippen molar-refractivity contribution in [3.8, 4) is 0 Å². The van der Waals surface area contributed by atoms with Crippen LogP contribution in [0.25, 0.3) is 0 Å². The van der Waals surface area contributed by atoms with Gasteiger partial charge in [-0.05, 0) is 24.1 Å². The molecule has 1 aliphatic heterocycles.